The van der Waals surface area contributed by atoms with Crippen molar-refractivity contribution in [2.75, 3.05) is 20.2 Å². The van der Waals surface area contributed by atoms with Gasteiger partial charge in [0.05, 0.1) is 23.9 Å². The Morgan fingerprint density at radius 2 is 1.90 bits per heavy atom. The molecular formula is C26H28F2N4O6S2. The fourth-order valence-corrected chi connectivity index (χ4v) is 8.16. The number of carbonyl (C=O) groups is 2. The summed E-state index contributed by atoms with van der Waals surface area (Å²) in [6.07, 6.45) is 2.52. The van der Waals surface area contributed by atoms with Crippen molar-refractivity contribution in [2.24, 2.45) is 16.8 Å². The van der Waals surface area contributed by atoms with Gasteiger partial charge in [-0.1, -0.05) is 6.07 Å². The fourth-order valence-electron chi connectivity index (χ4n) is 5.48. The number of hydrogen-bond donors (Lipinski definition) is 2. The molecule has 0 amide bonds. The first kappa shape index (κ1) is 28.3. The molecule has 1 aromatic heterocycles. The highest BCUT2D eigenvalue weighted by Gasteiger charge is 2.46. The number of rotatable bonds is 7. The van der Waals surface area contributed by atoms with Crippen molar-refractivity contribution in [1.29, 1.82) is 0 Å². The molecule has 10 nitrogen and oxygen atoms in total. The monoisotopic (exact) mass is 594 g/mol. The van der Waals surface area contributed by atoms with Crippen LogP contribution in [0, 0.1) is 30.4 Å². The number of esters is 1. The zero-order valence-corrected chi connectivity index (χ0v) is 23.4. The van der Waals surface area contributed by atoms with Gasteiger partial charge in [-0.2, -0.15) is 0 Å². The normalized spacial score (nSPS) is 24.2. The van der Waals surface area contributed by atoms with Gasteiger partial charge in [-0.15, -0.1) is 11.3 Å². The molecule has 2 aliphatic heterocycles. The van der Waals surface area contributed by atoms with E-state index in [1.165, 1.54) is 35.7 Å². The third kappa shape index (κ3) is 5.03. The molecule has 0 spiro atoms. The van der Waals surface area contributed by atoms with Crippen molar-refractivity contribution < 1.29 is 36.6 Å². The van der Waals surface area contributed by atoms with E-state index < -0.39 is 50.8 Å². The number of methoxy groups -OCH3 is 1. The third-order valence-corrected chi connectivity index (χ3v) is 11.0. The Bertz CT molecular complexity index is 1500. The van der Waals surface area contributed by atoms with Crippen LogP contribution in [0.15, 0.2) is 40.0 Å². The van der Waals surface area contributed by atoms with Crippen molar-refractivity contribution in [3.63, 3.8) is 0 Å². The Balaban J connectivity index is 1.48. The molecule has 1 aromatic carbocycles. The Kier molecular flexibility index (Phi) is 7.77. The van der Waals surface area contributed by atoms with Crippen LogP contribution in [0.1, 0.15) is 47.9 Å². The molecule has 3 heterocycles. The van der Waals surface area contributed by atoms with Crippen LogP contribution < -0.4 is 5.32 Å². The zero-order valence-electron chi connectivity index (χ0n) is 21.8. The van der Waals surface area contributed by atoms with Crippen molar-refractivity contribution in [3.05, 3.63) is 62.7 Å². The number of piperidine rings is 1. The fraction of sp³-hybridized carbons (Fsp3) is 0.462. The number of aliphatic imine (C=N–C) groups is 1. The van der Waals surface area contributed by atoms with E-state index in [9.17, 15) is 26.8 Å². The van der Waals surface area contributed by atoms with E-state index >= 15 is 0 Å². The molecule has 0 radical (unpaired) electrons. The van der Waals surface area contributed by atoms with E-state index in [1.54, 1.807) is 11.6 Å². The minimum atomic E-state index is -3.66. The number of carboxylic acid groups (broad SMARTS) is 1. The molecule has 0 bridgehead atoms. The Morgan fingerprint density at radius 1 is 1.20 bits per heavy atom. The predicted molar refractivity (Wildman–Crippen MR) is 142 cm³/mol. The lowest BCUT2D eigenvalue weighted by Crippen LogP contribution is -2.50. The summed E-state index contributed by atoms with van der Waals surface area (Å²) >= 11 is 1.31. The van der Waals surface area contributed by atoms with Crippen LogP contribution in [0.25, 0.3) is 0 Å². The van der Waals surface area contributed by atoms with E-state index in [0.29, 0.717) is 34.9 Å². The number of halogens is 2. The summed E-state index contributed by atoms with van der Waals surface area (Å²) in [5.41, 5.74) is 0.927. The first-order valence-electron chi connectivity index (χ1n) is 12.8. The maximum Gasteiger partial charge on any atom is 0.338 e. The highest BCUT2D eigenvalue weighted by Crippen LogP contribution is 2.41. The van der Waals surface area contributed by atoms with Crippen LogP contribution >= 0.6 is 11.3 Å². The van der Waals surface area contributed by atoms with Gasteiger partial charge in [-0.25, -0.2) is 31.3 Å². The second-order valence-corrected chi connectivity index (χ2v) is 13.2. The van der Waals surface area contributed by atoms with Crippen LogP contribution in [0.4, 0.5) is 8.78 Å². The standard InChI is InChI=1S/C26H28F2N4O6S2/c1-13-17(3-4-18(27)20(13)28)22-19(26(35)38-2)21(30-23(31-22)24-29-7-10-39-24)14-5-8-32(9-6-14)40(36,37)16-11-15(12-16)25(33)34/h3-4,7,10,14-16,22H,5-6,8-9,11-12H2,1-2H3,(H,30,31)(H,33,34)/t15-,16-,22?. The highest BCUT2D eigenvalue weighted by atomic mass is 32.2. The summed E-state index contributed by atoms with van der Waals surface area (Å²) in [6.45, 7) is 1.78. The minimum Gasteiger partial charge on any atom is -0.481 e. The first-order chi connectivity index (χ1) is 19.0. The van der Waals surface area contributed by atoms with Gasteiger partial charge in [0.15, 0.2) is 22.5 Å². The number of nitrogens with zero attached hydrogens (tertiary/aromatic N) is 3. The second-order valence-electron chi connectivity index (χ2n) is 10.1. The molecule has 1 saturated heterocycles. The number of allylic oxidation sites excluding steroid dienone is 1. The number of benzene rings is 1. The molecule has 1 unspecified atom stereocenters. The first-order valence-corrected chi connectivity index (χ1v) is 15.1. The Hall–Kier alpha value is -3.23. The summed E-state index contributed by atoms with van der Waals surface area (Å²) in [5, 5.41) is 13.9. The molecule has 1 saturated carbocycles. The van der Waals surface area contributed by atoms with Crippen LogP contribution in [0.5, 0.6) is 0 Å². The van der Waals surface area contributed by atoms with Crippen molar-refractivity contribution in [1.82, 2.24) is 14.6 Å². The average molecular weight is 595 g/mol. The second kappa shape index (κ2) is 11.0. The third-order valence-electron chi connectivity index (χ3n) is 7.88. The van der Waals surface area contributed by atoms with Crippen LogP contribution in [-0.2, 0) is 24.3 Å². The molecule has 2 fully saturated rings. The summed E-state index contributed by atoms with van der Waals surface area (Å²) in [7, 11) is -2.44. The van der Waals surface area contributed by atoms with Gasteiger partial charge in [0.1, 0.15) is 6.04 Å². The average Bonchev–Trinajstić information content (AvgIpc) is 3.45. The van der Waals surface area contributed by atoms with Gasteiger partial charge in [0.2, 0.25) is 10.0 Å². The molecule has 14 heteroatoms. The minimum absolute atomic E-state index is 0.0102. The lowest BCUT2D eigenvalue weighted by atomic mass is 9.85. The van der Waals surface area contributed by atoms with Crippen LogP contribution in [-0.4, -0.2) is 66.0 Å². The highest BCUT2D eigenvalue weighted by molar-refractivity contribution is 7.89. The van der Waals surface area contributed by atoms with Gasteiger partial charge >= 0.3 is 11.9 Å². The molecule has 5 rings (SSSR count). The zero-order chi connectivity index (χ0) is 28.8. The van der Waals surface area contributed by atoms with Gasteiger partial charge in [-0.05, 0) is 49.8 Å². The quantitative estimate of drug-likeness (QED) is 0.467. The van der Waals surface area contributed by atoms with E-state index in [4.69, 9.17) is 14.8 Å². The van der Waals surface area contributed by atoms with Gasteiger partial charge in [0, 0.05) is 36.3 Å². The molecule has 2 N–H and O–H groups in total. The number of sulfonamides is 1. The number of carboxylic acids is 1. The van der Waals surface area contributed by atoms with E-state index in [-0.39, 0.29) is 43.0 Å². The van der Waals surface area contributed by atoms with E-state index in [1.807, 2.05) is 0 Å². The summed E-state index contributed by atoms with van der Waals surface area (Å²) in [5.74, 6) is -4.31. The number of thiazole rings is 1. The van der Waals surface area contributed by atoms with Gasteiger partial charge in [-0.3, -0.25) is 9.79 Å². The molecule has 40 heavy (non-hydrogen) atoms. The van der Waals surface area contributed by atoms with Crippen molar-refractivity contribution >= 4 is 39.1 Å². The SMILES string of the molecule is COC(=O)C1=C(C2CCN(S(=O)(=O)[C@H]3C[C@H](C(=O)O)C3)CC2)NC(c2nccs2)=NC1c1ccc(F)c(F)c1C. The van der Waals surface area contributed by atoms with Crippen LogP contribution in [0.2, 0.25) is 0 Å². The number of aliphatic carboxylic acids is 1. The maximum atomic E-state index is 14.6. The molecular weight excluding hydrogens is 566 g/mol. The van der Waals surface area contributed by atoms with Crippen molar-refractivity contribution in [3.8, 4) is 0 Å². The number of aromatic nitrogens is 1. The lowest BCUT2D eigenvalue weighted by Gasteiger charge is -2.40. The molecule has 1 atom stereocenters. The number of carbonyl (C=O) groups excluding carboxylic acids is 1. The molecule has 3 aliphatic rings. The largest absolute Gasteiger partial charge is 0.481 e. The van der Waals surface area contributed by atoms with Crippen LogP contribution in [0.3, 0.4) is 0 Å². The maximum absolute atomic E-state index is 14.6. The van der Waals surface area contributed by atoms with E-state index in [0.717, 1.165) is 6.07 Å². The number of amidine groups is 1. The predicted octanol–water partition coefficient (Wildman–Crippen LogP) is 3.15. The Morgan fingerprint density at radius 3 is 2.50 bits per heavy atom. The van der Waals surface area contributed by atoms with E-state index in [2.05, 4.69) is 10.3 Å². The topological polar surface area (TPSA) is 138 Å². The smallest absolute Gasteiger partial charge is 0.338 e. The van der Waals surface area contributed by atoms with Gasteiger partial charge in [0.25, 0.3) is 0 Å². The summed E-state index contributed by atoms with van der Waals surface area (Å²) in [6, 6.07) is 1.37. The van der Waals surface area contributed by atoms with Crippen molar-refractivity contribution in [2.45, 2.75) is 43.9 Å². The summed E-state index contributed by atoms with van der Waals surface area (Å²) < 4.78 is 61.3. The number of nitrogens with one attached hydrogen (secondary N) is 1. The summed E-state index contributed by atoms with van der Waals surface area (Å²) in [4.78, 5) is 33.3. The molecule has 2 aromatic rings. The number of ether oxygens (including phenoxy) is 1. The van der Waals surface area contributed by atoms with Gasteiger partial charge < -0.3 is 15.2 Å². The molecule has 1 aliphatic carbocycles. The number of hydrogen-bond acceptors (Lipinski definition) is 9. The Labute approximate surface area is 233 Å². The molecule has 214 valence electrons. The lowest BCUT2D eigenvalue weighted by molar-refractivity contribution is -0.144.